The van der Waals surface area contributed by atoms with E-state index in [0.29, 0.717) is 25.2 Å². The summed E-state index contributed by atoms with van der Waals surface area (Å²) in [5.74, 6) is 0.0403. The second kappa shape index (κ2) is 6.16. The van der Waals surface area contributed by atoms with Gasteiger partial charge in [0.25, 0.3) is 5.91 Å². The molecule has 20 heavy (non-hydrogen) atoms. The molecule has 1 aromatic rings. The topological polar surface area (TPSA) is 43.8 Å². The van der Waals surface area contributed by atoms with Crippen LogP contribution in [0.5, 0.6) is 0 Å². The summed E-state index contributed by atoms with van der Waals surface area (Å²) in [7, 11) is 0. The molecule has 1 amide bonds. The van der Waals surface area contributed by atoms with Crippen LogP contribution in [0.3, 0.4) is 0 Å². The molecule has 2 rings (SSSR count). The number of hydrogen-bond acceptors (Lipinski definition) is 4. The van der Waals surface area contributed by atoms with Crippen molar-refractivity contribution >= 4 is 18.5 Å². The van der Waals surface area contributed by atoms with E-state index >= 15 is 0 Å². The molecule has 1 heterocycles. The predicted octanol–water partition coefficient (Wildman–Crippen LogP) is 1.50. The number of β-amino-alcohol motifs (C(OH)–C–C–N with tert-alkyl or cyclic N) is 1. The Kier molecular flexibility index (Phi) is 4.73. The third-order valence-electron chi connectivity index (χ3n) is 3.40. The van der Waals surface area contributed by atoms with Crippen LogP contribution in [0, 0.1) is 0 Å². The van der Waals surface area contributed by atoms with Crippen LogP contribution in [-0.4, -0.2) is 59.1 Å². The number of benzene rings is 1. The van der Waals surface area contributed by atoms with E-state index < -0.39 is 5.60 Å². The lowest BCUT2D eigenvalue weighted by Gasteiger charge is -2.37. The zero-order chi connectivity index (χ0) is 14.8. The maximum Gasteiger partial charge on any atom is 0.255 e. The van der Waals surface area contributed by atoms with Crippen molar-refractivity contribution < 1.29 is 9.90 Å². The third kappa shape index (κ3) is 3.98. The molecule has 0 unspecified atom stereocenters. The van der Waals surface area contributed by atoms with Crippen molar-refractivity contribution in [2.45, 2.75) is 24.3 Å². The molecule has 110 valence electrons. The van der Waals surface area contributed by atoms with Crippen molar-refractivity contribution in [2.24, 2.45) is 0 Å². The lowest BCUT2D eigenvalue weighted by atomic mass is 10.1. The van der Waals surface area contributed by atoms with Gasteiger partial charge in [-0.2, -0.15) is 0 Å². The zero-order valence-electron chi connectivity index (χ0n) is 12.0. The van der Waals surface area contributed by atoms with Gasteiger partial charge in [-0.05, 0) is 26.0 Å². The Balaban J connectivity index is 1.94. The van der Waals surface area contributed by atoms with Gasteiger partial charge < -0.3 is 10.0 Å². The fraction of sp³-hybridized carbons (Fsp3) is 0.533. The van der Waals surface area contributed by atoms with Crippen molar-refractivity contribution in [3.8, 4) is 0 Å². The second-order valence-electron chi connectivity index (χ2n) is 5.90. The highest BCUT2D eigenvalue weighted by Crippen LogP contribution is 2.17. The Hall–Kier alpha value is -1.04. The van der Waals surface area contributed by atoms with Gasteiger partial charge in [-0.25, -0.2) is 0 Å². The Morgan fingerprint density at radius 1 is 1.25 bits per heavy atom. The van der Waals surface area contributed by atoms with Crippen LogP contribution < -0.4 is 0 Å². The van der Waals surface area contributed by atoms with Crippen LogP contribution in [0.25, 0.3) is 0 Å². The van der Waals surface area contributed by atoms with Crippen LogP contribution in [0.2, 0.25) is 0 Å². The number of carbonyl (C=O) groups excluding carboxylic acids is 1. The second-order valence-corrected chi connectivity index (χ2v) is 6.38. The first-order valence-electron chi connectivity index (χ1n) is 6.89. The van der Waals surface area contributed by atoms with E-state index in [4.69, 9.17) is 0 Å². The van der Waals surface area contributed by atoms with Crippen molar-refractivity contribution in [1.29, 1.82) is 0 Å². The number of hydrogen-bond donors (Lipinski definition) is 2. The molecule has 0 bridgehead atoms. The number of carbonyl (C=O) groups is 1. The first kappa shape index (κ1) is 15.4. The molecular formula is C15H22N2O2S. The number of aliphatic hydroxyl groups is 1. The first-order valence-corrected chi connectivity index (χ1v) is 7.33. The molecular weight excluding hydrogens is 272 g/mol. The summed E-state index contributed by atoms with van der Waals surface area (Å²) >= 11 is 4.34. The quantitative estimate of drug-likeness (QED) is 0.831. The number of nitrogens with zero attached hydrogens (tertiary/aromatic N) is 2. The molecule has 5 heteroatoms. The number of amides is 1. The van der Waals surface area contributed by atoms with Gasteiger partial charge in [0, 0.05) is 37.6 Å². The summed E-state index contributed by atoms with van der Waals surface area (Å²) in [6.45, 7) is 7.23. The summed E-state index contributed by atoms with van der Waals surface area (Å²) in [6, 6.07) is 7.38. The average molecular weight is 294 g/mol. The van der Waals surface area contributed by atoms with Gasteiger partial charge >= 0.3 is 0 Å². The van der Waals surface area contributed by atoms with E-state index in [1.807, 2.05) is 43.0 Å². The largest absolute Gasteiger partial charge is 0.389 e. The van der Waals surface area contributed by atoms with E-state index in [1.54, 1.807) is 0 Å². The minimum Gasteiger partial charge on any atom is -0.389 e. The van der Waals surface area contributed by atoms with E-state index in [1.165, 1.54) is 0 Å². The lowest BCUT2D eigenvalue weighted by molar-refractivity contribution is 0.0178. The molecule has 0 atom stereocenters. The molecule has 0 aliphatic carbocycles. The van der Waals surface area contributed by atoms with Crippen molar-refractivity contribution in [2.75, 3.05) is 32.7 Å². The molecule has 1 N–H and O–H groups in total. The van der Waals surface area contributed by atoms with Crippen molar-refractivity contribution in [1.82, 2.24) is 9.80 Å². The predicted molar refractivity (Wildman–Crippen MR) is 82.3 cm³/mol. The summed E-state index contributed by atoms with van der Waals surface area (Å²) in [6.07, 6.45) is 0. The standard InChI is InChI=1S/C15H22N2O2S/c1-15(2,19)11-16-7-9-17(10-8-16)14(18)12-5-3-4-6-13(12)20/h3-6,19-20H,7-11H2,1-2H3. The molecule has 0 saturated carbocycles. The normalized spacial score (nSPS) is 17.3. The molecule has 0 radical (unpaired) electrons. The fourth-order valence-corrected chi connectivity index (χ4v) is 2.74. The maximum absolute atomic E-state index is 12.4. The highest BCUT2D eigenvalue weighted by atomic mass is 32.1. The summed E-state index contributed by atoms with van der Waals surface area (Å²) in [5.41, 5.74) is -0.0316. The summed E-state index contributed by atoms with van der Waals surface area (Å²) < 4.78 is 0. The van der Waals surface area contributed by atoms with Gasteiger partial charge in [-0.3, -0.25) is 9.69 Å². The van der Waals surface area contributed by atoms with Gasteiger partial charge in [-0.1, -0.05) is 12.1 Å². The van der Waals surface area contributed by atoms with Crippen LogP contribution >= 0.6 is 12.6 Å². The SMILES string of the molecule is CC(C)(O)CN1CCN(C(=O)c2ccccc2S)CC1. The van der Waals surface area contributed by atoms with Crippen LogP contribution in [-0.2, 0) is 0 Å². The van der Waals surface area contributed by atoms with Gasteiger partial charge in [0.15, 0.2) is 0 Å². The Labute approximate surface area is 125 Å². The molecule has 1 aliphatic rings. The van der Waals surface area contributed by atoms with E-state index in [2.05, 4.69) is 17.5 Å². The molecule has 1 saturated heterocycles. The summed E-state index contributed by atoms with van der Waals surface area (Å²) in [4.78, 5) is 17.2. The van der Waals surface area contributed by atoms with E-state index in [9.17, 15) is 9.90 Å². The Morgan fingerprint density at radius 3 is 2.40 bits per heavy atom. The lowest BCUT2D eigenvalue weighted by Crippen LogP contribution is -2.52. The number of piperazine rings is 1. The Bertz CT molecular complexity index is 477. The summed E-state index contributed by atoms with van der Waals surface area (Å²) in [5, 5.41) is 9.83. The molecule has 1 aromatic carbocycles. The van der Waals surface area contributed by atoms with Gasteiger partial charge in [0.05, 0.1) is 11.2 Å². The number of rotatable bonds is 3. The average Bonchev–Trinajstić information content (AvgIpc) is 2.37. The smallest absolute Gasteiger partial charge is 0.255 e. The van der Waals surface area contributed by atoms with E-state index in [-0.39, 0.29) is 5.91 Å². The van der Waals surface area contributed by atoms with Crippen molar-refractivity contribution in [3.05, 3.63) is 29.8 Å². The van der Waals surface area contributed by atoms with Crippen LogP contribution in [0.4, 0.5) is 0 Å². The van der Waals surface area contributed by atoms with Gasteiger partial charge in [0.2, 0.25) is 0 Å². The Morgan fingerprint density at radius 2 is 1.85 bits per heavy atom. The monoisotopic (exact) mass is 294 g/mol. The highest BCUT2D eigenvalue weighted by molar-refractivity contribution is 7.80. The minimum atomic E-state index is -0.691. The highest BCUT2D eigenvalue weighted by Gasteiger charge is 2.26. The third-order valence-corrected chi connectivity index (χ3v) is 3.79. The first-order chi connectivity index (χ1) is 9.37. The van der Waals surface area contributed by atoms with Crippen LogP contribution in [0.15, 0.2) is 29.2 Å². The molecule has 4 nitrogen and oxygen atoms in total. The molecule has 0 spiro atoms. The van der Waals surface area contributed by atoms with Crippen molar-refractivity contribution in [3.63, 3.8) is 0 Å². The molecule has 1 aliphatic heterocycles. The van der Waals surface area contributed by atoms with Gasteiger partial charge in [0.1, 0.15) is 0 Å². The van der Waals surface area contributed by atoms with Gasteiger partial charge in [-0.15, -0.1) is 12.6 Å². The van der Waals surface area contributed by atoms with E-state index in [0.717, 1.165) is 18.0 Å². The number of thiol groups is 1. The van der Waals surface area contributed by atoms with Crippen LogP contribution in [0.1, 0.15) is 24.2 Å². The molecule has 0 aromatic heterocycles. The fourth-order valence-electron chi connectivity index (χ4n) is 2.48. The maximum atomic E-state index is 12.4. The zero-order valence-corrected chi connectivity index (χ0v) is 12.9. The molecule has 1 fully saturated rings. The minimum absolute atomic E-state index is 0.0403.